The number of anilines is 2. The third kappa shape index (κ3) is 2.73. The first kappa shape index (κ1) is 12.3. The Morgan fingerprint density at radius 2 is 2.00 bits per heavy atom. The zero-order valence-corrected chi connectivity index (χ0v) is 10.4. The maximum atomic E-state index is 8.78. The van der Waals surface area contributed by atoms with Gasteiger partial charge in [0.2, 0.25) is 0 Å². The second kappa shape index (κ2) is 5.44. The van der Waals surface area contributed by atoms with Crippen molar-refractivity contribution in [2.75, 3.05) is 11.1 Å². The summed E-state index contributed by atoms with van der Waals surface area (Å²) in [6.45, 7) is 0.620. The first-order chi connectivity index (χ1) is 8.70. The molecule has 0 spiro atoms. The SMILES string of the molecule is N#Cc1ccc(NCc2ccccc2N)cc1Cl. The molecule has 18 heavy (non-hydrogen) atoms. The predicted molar refractivity (Wildman–Crippen MR) is 74.3 cm³/mol. The van der Waals surface area contributed by atoms with Gasteiger partial charge in [-0.25, -0.2) is 0 Å². The number of nitrogen functional groups attached to an aromatic ring is 1. The molecule has 0 aromatic heterocycles. The maximum absolute atomic E-state index is 8.78. The molecule has 2 rings (SSSR count). The number of hydrogen-bond donors (Lipinski definition) is 2. The van der Waals surface area contributed by atoms with Gasteiger partial charge in [-0.1, -0.05) is 29.8 Å². The summed E-state index contributed by atoms with van der Waals surface area (Å²) in [4.78, 5) is 0. The Balaban J connectivity index is 2.10. The van der Waals surface area contributed by atoms with Crippen LogP contribution in [0, 0.1) is 11.3 Å². The smallest absolute Gasteiger partial charge is 0.101 e. The average molecular weight is 258 g/mol. The molecule has 3 nitrogen and oxygen atoms in total. The van der Waals surface area contributed by atoms with Gasteiger partial charge in [-0.2, -0.15) is 5.26 Å². The standard InChI is InChI=1S/C14H12ClN3/c15-13-7-12(6-5-10(13)8-16)18-9-11-3-1-2-4-14(11)17/h1-7,18H,9,17H2. The quantitative estimate of drug-likeness (QED) is 0.829. The second-order valence-corrected chi connectivity index (χ2v) is 4.27. The lowest BCUT2D eigenvalue weighted by Gasteiger charge is -2.09. The second-order valence-electron chi connectivity index (χ2n) is 3.86. The summed E-state index contributed by atoms with van der Waals surface area (Å²) in [6, 6.07) is 15.0. The van der Waals surface area contributed by atoms with Gasteiger partial charge < -0.3 is 11.1 Å². The first-order valence-electron chi connectivity index (χ1n) is 5.47. The van der Waals surface area contributed by atoms with Crippen molar-refractivity contribution in [1.29, 1.82) is 5.26 Å². The molecule has 0 aliphatic rings. The molecule has 0 radical (unpaired) electrons. The van der Waals surface area contributed by atoms with Gasteiger partial charge in [0.15, 0.2) is 0 Å². The number of nitriles is 1. The normalized spacial score (nSPS) is 9.78. The van der Waals surface area contributed by atoms with E-state index in [-0.39, 0.29) is 0 Å². The molecule has 0 heterocycles. The Bertz CT molecular complexity index is 602. The molecular formula is C14H12ClN3. The molecule has 2 aromatic carbocycles. The van der Waals surface area contributed by atoms with Crippen LogP contribution in [0.15, 0.2) is 42.5 Å². The van der Waals surface area contributed by atoms with Gasteiger partial charge in [0.05, 0.1) is 10.6 Å². The van der Waals surface area contributed by atoms with Crippen molar-refractivity contribution in [3.63, 3.8) is 0 Å². The molecule has 0 atom stereocenters. The lowest BCUT2D eigenvalue weighted by atomic mass is 10.1. The number of para-hydroxylation sites is 1. The van der Waals surface area contributed by atoms with E-state index < -0.39 is 0 Å². The van der Waals surface area contributed by atoms with Crippen LogP contribution in [0.25, 0.3) is 0 Å². The van der Waals surface area contributed by atoms with Gasteiger partial charge in [0.1, 0.15) is 6.07 Å². The van der Waals surface area contributed by atoms with Crippen LogP contribution in [0.4, 0.5) is 11.4 Å². The van der Waals surface area contributed by atoms with Crippen molar-refractivity contribution in [2.24, 2.45) is 0 Å². The van der Waals surface area contributed by atoms with E-state index in [1.807, 2.05) is 36.4 Å². The summed E-state index contributed by atoms with van der Waals surface area (Å²) in [7, 11) is 0. The van der Waals surface area contributed by atoms with Gasteiger partial charge in [-0.3, -0.25) is 0 Å². The van der Waals surface area contributed by atoms with E-state index in [4.69, 9.17) is 22.6 Å². The summed E-state index contributed by atoms with van der Waals surface area (Å²) in [6.07, 6.45) is 0. The van der Waals surface area contributed by atoms with Crippen LogP contribution in [-0.2, 0) is 6.54 Å². The first-order valence-corrected chi connectivity index (χ1v) is 5.85. The number of hydrogen-bond acceptors (Lipinski definition) is 3. The third-order valence-corrected chi connectivity index (χ3v) is 2.94. The Morgan fingerprint density at radius 3 is 2.67 bits per heavy atom. The van der Waals surface area contributed by atoms with Crippen molar-refractivity contribution in [2.45, 2.75) is 6.54 Å². The topological polar surface area (TPSA) is 61.8 Å². The van der Waals surface area contributed by atoms with Crippen LogP contribution in [0.2, 0.25) is 5.02 Å². The van der Waals surface area contributed by atoms with E-state index in [9.17, 15) is 0 Å². The molecular weight excluding hydrogens is 246 g/mol. The fourth-order valence-electron chi connectivity index (χ4n) is 1.61. The van der Waals surface area contributed by atoms with E-state index in [1.165, 1.54) is 0 Å². The molecule has 0 unspecified atom stereocenters. The monoisotopic (exact) mass is 257 g/mol. The van der Waals surface area contributed by atoms with E-state index in [0.717, 1.165) is 16.9 Å². The molecule has 3 N–H and O–H groups in total. The van der Waals surface area contributed by atoms with Crippen molar-refractivity contribution in [3.05, 3.63) is 58.6 Å². The van der Waals surface area contributed by atoms with Crippen molar-refractivity contribution >= 4 is 23.0 Å². The molecule has 0 aliphatic heterocycles. The highest BCUT2D eigenvalue weighted by Gasteiger charge is 2.02. The average Bonchev–Trinajstić information content (AvgIpc) is 2.38. The van der Waals surface area contributed by atoms with Crippen LogP contribution in [0.5, 0.6) is 0 Å². The predicted octanol–water partition coefficient (Wildman–Crippen LogP) is 3.41. The molecule has 0 saturated heterocycles. The Morgan fingerprint density at radius 1 is 1.22 bits per heavy atom. The molecule has 0 bridgehead atoms. The highest BCUT2D eigenvalue weighted by Crippen LogP contribution is 2.21. The van der Waals surface area contributed by atoms with E-state index in [1.54, 1.807) is 12.1 Å². The highest BCUT2D eigenvalue weighted by molar-refractivity contribution is 6.32. The number of benzene rings is 2. The van der Waals surface area contributed by atoms with E-state index >= 15 is 0 Å². The fourth-order valence-corrected chi connectivity index (χ4v) is 1.83. The van der Waals surface area contributed by atoms with Crippen molar-refractivity contribution in [3.8, 4) is 6.07 Å². The van der Waals surface area contributed by atoms with Crippen LogP contribution in [-0.4, -0.2) is 0 Å². The van der Waals surface area contributed by atoms with Crippen molar-refractivity contribution in [1.82, 2.24) is 0 Å². The number of nitrogens with zero attached hydrogens (tertiary/aromatic N) is 1. The molecule has 0 saturated carbocycles. The van der Waals surface area contributed by atoms with Crippen LogP contribution in [0.1, 0.15) is 11.1 Å². The molecule has 2 aromatic rings. The van der Waals surface area contributed by atoms with Crippen LogP contribution >= 0.6 is 11.6 Å². The van der Waals surface area contributed by atoms with Gasteiger partial charge in [-0.05, 0) is 29.8 Å². The summed E-state index contributed by atoms with van der Waals surface area (Å²) >= 11 is 5.96. The molecule has 90 valence electrons. The summed E-state index contributed by atoms with van der Waals surface area (Å²) in [5.74, 6) is 0. The Hall–Kier alpha value is -2.18. The van der Waals surface area contributed by atoms with Gasteiger partial charge in [-0.15, -0.1) is 0 Å². The van der Waals surface area contributed by atoms with Crippen LogP contribution in [0.3, 0.4) is 0 Å². The maximum Gasteiger partial charge on any atom is 0.101 e. The minimum absolute atomic E-state index is 0.448. The summed E-state index contributed by atoms with van der Waals surface area (Å²) in [5.41, 5.74) is 8.97. The highest BCUT2D eigenvalue weighted by atomic mass is 35.5. The molecule has 0 aliphatic carbocycles. The van der Waals surface area contributed by atoms with Gasteiger partial charge in [0.25, 0.3) is 0 Å². The van der Waals surface area contributed by atoms with Gasteiger partial charge >= 0.3 is 0 Å². The molecule has 4 heteroatoms. The number of nitrogens with one attached hydrogen (secondary N) is 1. The Labute approximate surface area is 111 Å². The number of halogens is 1. The number of nitrogens with two attached hydrogens (primary N) is 1. The van der Waals surface area contributed by atoms with Crippen LogP contribution < -0.4 is 11.1 Å². The van der Waals surface area contributed by atoms with Gasteiger partial charge in [0, 0.05) is 17.9 Å². The minimum atomic E-state index is 0.448. The lowest BCUT2D eigenvalue weighted by Crippen LogP contribution is -2.02. The number of rotatable bonds is 3. The third-order valence-electron chi connectivity index (χ3n) is 2.63. The Kier molecular flexibility index (Phi) is 3.71. The summed E-state index contributed by atoms with van der Waals surface area (Å²) < 4.78 is 0. The zero-order valence-electron chi connectivity index (χ0n) is 9.65. The van der Waals surface area contributed by atoms with E-state index in [2.05, 4.69) is 5.32 Å². The molecule has 0 amide bonds. The van der Waals surface area contributed by atoms with E-state index in [0.29, 0.717) is 17.1 Å². The lowest BCUT2D eigenvalue weighted by molar-refractivity contribution is 1.15. The zero-order chi connectivity index (χ0) is 13.0. The minimum Gasteiger partial charge on any atom is -0.398 e. The molecule has 0 fully saturated rings. The summed E-state index contributed by atoms with van der Waals surface area (Å²) in [5, 5.41) is 12.5. The van der Waals surface area contributed by atoms with Crippen molar-refractivity contribution < 1.29 is 0 Å². The fraction of sp³-hybridized carbons (Fsp3) is 0.0714. The largest absolute Gasteiger partial charge is 0.398 e.